The molecule has 0 aromatic rings. The molecule has 2 rings (SSSR count). The maximum atomic E-state index is 12.0. The van der Waals surface area contributed by atoms with Crippen LogP contribution in [0.1, 0.15) is 6.42 Å². The Morgan fingerprint density at radius 1 is 1.27 bits per heavy atom. The van der Waals surface area contributed by atoms with E-state index in [-0.39, 0.29) is 11.8 Å². The molecule has 2 heterocycles. The van der Waals surface area contributed by atoms with Crippen molar-refractivity contribution in [3.8, 4) is 0 Å². The fraction of sp³-hybridized carbons (Fsp3) is 0.900. The molecule has 0 saturated carbocycles. The van der Waals surface area contributed by atoms with Crippen molar-refractivity contribution in [1.29, 1.82) is 0 Å². The summed E-state index contributed by atoms with van der Waals surface area (Å²) in [4.78, 5) is 13.8. The van der Waals surface area contributed by atoms with Crippen molar-refractivity contribution in [2.24, 2.45) is 5.92 Å². The maximum Gasteiger partial charge on any atom is 0.241 e. The van der Waals surface area contributed by atoms with Crippen molar-refractivity contribution in [2.45, 2.75) is 11.8 Å². The molecule has 0 N–H and O–H groups in total. The molecule has 2 atom stereocenters. The second-order valence-corrected chi connectivity index (χ2v) is 4.43. The summed E-state index contributed by atoms with van der Waals surface area (Å²) in [5.74, 6) is 0.220. The van der Waals surface area contributed by atoms with Crippen LogP contribution < -0.4 is 0 Å². The van der Waals surface area contributed by atoms with Crippen molar-refractivity contribution >= 4 is 17.5 Å². The number of ether oxygens (including phenoxy) is 2. The number of alkyl halides is 1. The third-order valence-corrected chi connectivity index (χ3v) is 3.48. The van der Waals surface area contributed by atoms with Gasteiger partial charge in [-0.15, -0.1) is 11.6 Å². The molecule has 2 unspecified atom stereocenters. The fourth-order valence-corrected chi connectivity index (χ4v) is 2.28. The minimum absolute atomic E-state index is 0.0375. The van der Waals surface area contributed by atoms with E-state index in [4.69, 9.17) is 21.1 Å². The highest BCUT2D eigenvalue weighted by Gasteiger charge is 2.32. The third-order valence-electron chi connectivity index (χ3n) is 2.94. The molecule has 1 amide bonds. The number of hydrogen-bond acceptors (Lipinski definition) is 3. The first-order valence-electron chi connectivity index (χ1n) is 5.37. The van der Waals surface area contributed by atoms with Crippen LogP contribution >= 0.6 is 11.6 Å². The normalized spacial score (nSPS) is 29.1. The monoisotopic (exact) mass is 233 g/mol. The zero-order chi connectivity index (χ0) is 10.7. The number of nitrogens with zero attached hydrogens (tertiary/aromatic N) is 1. The lowest BCUT2D eigenvalue weighted by atomic mass is 10.0. The highest BCUT2D eigenvalue weighted by Crippen LogP contribution is 2.23. The predicted octanol–water partition coefficient (Wildman–Crippen LogP) is 0.489. The first-order valence-corrected chi connectivity index (χ1v) is 5.81. The largest absolute Gasteiger partial charge is 0.381 e. The number of morpholine rings is 1. The lowest BCUT2D eigenvalue weighted by Crippen LogP contribution is -2.46. The summed E-state index contributed by atoms with van der Waals surface area (Å²) in [6, 6.07) is 0. The van der Waals surface area contributed by atoms with E-state index in [2.05, 4.69) is 0 Å². The summed E-state index contributed by atoms with van der Waals surface area (Å²) in [7, 11) is 0. The first-order chi connectivity index (χ1) is 7.29. The topological polar surface area (TPSA) is 38.8 Å². The molecule has 0 radical (unpaired) electrons. The summed E-state index contributed by atoms with van der Waals surface area (Å²) in [6.07, 6.45) is 0.893. The van der Waals surface area contributed by atoms with Gasteiger partial charge < -0.3 is 14.4 Å². The van der Waals surface area contributed by atoms with Crippen LogP contribution in [-0.2, 0) is 14.3 Å². The lowest BCUT2D eigenvalue weighted by molar-refractivity contribution is -0.135. The highest BCUT2D eigenvalue weighted by atomic mass is 35.5. The van der Waals surface area contributed by atoms with Crippen LogP contribution in [0.25, 0.3) is 0 Å². The second-order valence-electron chi connectivity index (χ2n) is 3.96. The molecule has 0 spiro atoms. The van der Waals surface area contributed by atoms with Gasteiger partial charge in [-0.25, -0.2) is 0 Å². The molecule has 5 heteroatoms. The van der Waals surface area contributed by atoms with Gasteiger partial charge in [0.1, 0.15) is 5.38 Å². The van der Waals surface area contributed by atoms with Crippen molar-refractivity contribution in [3.05, 3.63) is 0 Å². The van der Waals surface area contributed by atoms with Crippen molar-refractivity contribution in [2.75, 3.05) is 39.5 Å². The molecule has 0 aromatic heterocycles. The minimum Gasteiger partial charge on any atom is -0.381 e. The Morgan fingerprint density at radius 2 is 2.00 bits per heavy atom. The standard InChI is InChI=1S/C10H16ClNO3/c11-9(8-1-4-15-7-8)10(13)12-2-5-14-6-3-12/h8-9H,1-7H2. The van der Waals surface area contributed by atoms with Gasteiger partial charge in [0.2, 0.25) is 5.91 Å². The van der Waals surface area contributed by atoms with Gasteiger partial charge in [0.05, 0.1) is 19.8 Å². The van der Waals surface area contributed by atoms with E-state index in [0.29, 0.717) is 32.9 Å². The van der Waals surface area contributed by atoms with Crippen molar-refractivity contribution in [1.82, 2.24) is 4.90 Å². The lowest BCUT2D eigenvalue weighted by Gasteiger charge is -2.29. The van der Waals surface area contributed by atoms with Crippen LogP contribution in [-0.4, -0.2) is 55.7 Å². The average molecular weight is 234 g/mol. The van der Waals surface area contributed by atoms with E-state index in [1.807, 2.05) is 0 Å². The van der Waals surface area contributed by atoms with Crippen molar-refractivity contribution < 1.29 is 14.3 Å². The average Bonchev–Trinajstić information content (AvgIpc) is 2.82. The molecule has 2 saturated heterocycles. The quantitative estimate of drug-likeness (QED) is 0.652. The molecule has 0 aliphatic carbocycles. The predicted molar refractivity (Wildman–Crippen MR) is 56.0 cm³/mol. The number of carbonyl (C=O) groups excluding carboxylic acids is 1. The number of carbonyl (C=O) groups is 1. The minimum atomic E-state index is -0.425. The zero-order valence-electron chi connectivity index (χ0n) is 8.65. The molecule has 2 fully saturated rings. The number of rotatable bonds is 2. The molecule has 15 heavy (non-hydrogen) atoms. The third kappa shape index (κ3) is 2.62. The summed E-state index contributed by atoms with van der Waals surface area (Å²) in [6.45, 7) is 3.91. The first kappa shape index (κ1) is 11.2. The van der Waals surface area contributed by atoms with Crippen molar-refractivity contribution in [3.63, 3.8) is 0 Å². The van der Waals surface area contributed by atoms with E-state index in [1.54, 1.807) is 4.90 Å². The Bertz CT molecular complexity index is 225. The Labute approximate surface area is 94.5 Å². The summed E-state index contributed by atoms with van der Waals surface area (Å²) in [5.41, 5.74) is 0. The van der Waals surface area contributed by atoms with Gasteiger partial charge in [-0.1, -0.05) is 0 Å². The Hall–Kier alpha value is -0.320. The molecular weight excluding hydrogens is 218 g/mol. The SMILES string of the molecule is O=C(C(Cl)C1CCOC1)N1CCOCC1. The van der Waals surface area contributed by atoms with E-state index >= 15 is 0 Å². The Morgan fingerprint density at radius 3 is 2.60 bits per heavy atom. The molecule has 0 bridgehead atoms. The molecule has 2 aliphatic rings. The Balaban J connectivity index is 1.87. The van der Waals surface area contributed by atoms with Gasteiger partial charge in [0.25, 0.3) is 0 Å². The second kappa shape index (κ2) is 5.14. The molecular formula is C10H16ClNO3. The van der Waals surface area contributed by atoms with Gasteiger partial charge in [0.15, 0.2) is 0 Å². The van der Waals surface area contributed by atoms with Gasteiger partial charge in [-0.05, 0) is 6.42 Å². The summed E-state index contributed by atoms with van der Waals surface area (Å²) >= 11 is 6.16. The van der Waals surface area contributed by atoms with Crippen LogP contribution in [0.4, 0.5) is 0 Å². The highest BCUT2D eigenvalue weighted by molar-refractivity contribution is 6.31. The summed E-state index contributed by atoms with van der Waals surface area (Å²) in [5, 5.41) is -0.425. The maximum absolute atomic E-state index is 12.0. The van der Waals surface area contributed by atoms with E-state index in [0.717, 1.165) is 13.0 Å². The van der Waals surface area contributed by atoms with Gasteiger partial charge >= 0.3 is 0 Å². The Kier molecular flexibility index (Phi) is 3.83. The molecule has 4 nitrogen and oxygen atoms in total. The van der Waals surface area contributed by atoms with Gasteiger partial charge in [-0.3, -0.25) is 4.79 Å². The number of hydrogen-bond donors (Lipinski definition) is 0. The number of amides is 1. The molecule has 86 valence electrons. The van der Waals surface area contributed by atoms with Gasteiger partial charge in [0, 0.05) is 25.6 Å². The van der Waals surface area contributed by atoms with Crippen LogP contribution in [0.3, 0.4) is 0 Å². The van der Waals surface area contributed by atoms with E-state index in [1.165, 1.54) is 0 Å². The van der Waals surface area contributed by atoms with Crippen LogP contribution in [0.2, 0.25) is 0 Å². The van der Waals surface area contributed by atoms with Crippen LogP contribution in [0.15, 0.2) is 0 Å². The van der Waals surface area contributed by atoms with Crippen LogP contribution in [0.5, 0.6) is 0 Å². The van der Waals surface area contributed by atoms with Crippen LogP contribution in [0, 0.1) is 5.92 Å². The summed E-state index contributed by atoms with van der Waals surface area (Å²) < 4.78 is 10.4. The van der Waals surface area contributed by atoms with E-state index < -0.39 is 5.38 Å². The fourth-order valence-electron chi connectivity index (χ4n) is 1.94. The van der Waals surface area contributed by atoms with E-state index in [9.17, 15) is 4.79 Å². The number of halogens is 1. The molecule has 2 aliphatic heterocycles. The smallest absolute Gasteiger partial charge is 0.241 e. The molecule has 0 aromatic carbocycles. The zero-order valence-corrected chi connectivity index (χ0v) is 9.41. The van der Waals surface area contributed by atoms with Gasteiger partial charge in [-0.2, -0.15) is 0 Å².